The Balaban J connectivity index is 1.33. The summed E-state index contributed by atoms with van der Waals surface area (Å²) in [5.41, 5.74) is 2.04. The van der Waals surface area contributed by atoms with Gasteiger partial charge in [-0.1, -0.05) is 23.7 Å². The molecule has 0 atom stereocenters. The van der Waals surface area contributed by atoms with E-state index in [9.17, 15) is 9.59 Å². The Morgan fingerprint density at radius 2 is 1.70 bits per heavy atom. The molecule has 8 heteroatoms. The molecule has 0 spiro atoms. The first kappa shape index (κ1) is 21.9. The highest BCUT2D eigenvalue weighted by Crippen LogP contribution is 2.19. The summed E-state index contributed by atoms with van der Waals surface area (Å²) >= 11 is 5.95. The normalized spacial score (nSPS) is 14.3. The Morgan fingerprint density at radius 1 is 1.00 bits per heavy atom. The van der Waals surface area contributed by atoms with Gasteiger partial charge >= 0.3 is 11.8 Å². The number of nitrogens with zero attached hydrogens (tertiary/aromatic N) is 2. The molecular formula is C22H27ClN4O3. The van der Waals surface area contributed by atoms with Crippen molar-refractivity contribution in [2.45, 2.75) is 6.54 Å². The van der Waals surface area contributed by atoms with Gasteiger partial charge in [0.1, 0.15) is 5.75 Å². The number of hydrogen-bond donors (Lipinski definition) is 2. The third kappa shape index (κ3) is 6.37. The third-order valence-corrected chi connectivity index (χ3v) is 5.32. The molecule has 0 saturated carbocycles. The van der Waals surface area contributed by atoms with E-state index < -0.39 is 11.8 Å². The molecule has 1 aliphatic rings. The topological polar surface area (TPSA) is 73.9 Å². The van der Waals surface area contributed by atoms with Crippen LogP contribution in [0.5, 0.6) is 5.75 Å². The van der Waals surface area contributed by atoms with Gasteiger partial charge in [0.25, 0.3) is 0 Å². The summed E-state index contributed by atoms with van der Waals surface area (Å²) in [6.07, 6.45) is 0. The number of hydrogen-bond acceptors (Lipinski definition) is 5. The Hall–Kier alpha value is -2.77. The molecule has 160 valence electrons. The van der Waals surface area contributed by atoms with Crippen molar-refractivity contribution in [3.8, 4) is 5.75 Å². The summed E-state index contributed by atoms with van der Waals surface area (Å²) in [6.45, 7) is 5.06. The first-order valence-electron chi connectivity index (χ1n) is 9.97. The number of amides is 2. The number of nitrogens with one attached hydrogen (secondary N) is 2. The fourth-order valence-corrected chi connectivity index (χ4v) is 3.46. The van der Waals surface area contributed by atoms with Crippen LogP contribution in [0.1, 0.15) is 5.56 Å². The summed E-state index contributed by atoms with van der Waals surface area (Å²) in [6, 6.07) is 15.2. The second-order valence-electron chi connectivity index (χ2n) is 7.10. The number of carbonyl (C=O) groups is 2. The molecule has 0 aliphatic carbocycles. The molecular weight excluding hydrogens is 404 g/mol. The smallest absolute Gasteiger partial charge is 0.309 e. The van der Waals surface area contributed by atoms with Gasteiger partial charge in [-0.15, -0.1) is 0 Å². The van der Waals surface area contributed by atoms with E-state index in [0.717, 1.165) is 36.8 Å². The molecule has 30 heavy (non-hydrogen) atoms. The maximum Gasteiger partial charge on any atom is 0.309 e. The minimum atomic E-state index is -0.634. The first-order chi connectivity index (χ1) is 14.5. The lowest BCUT2D eigenvalue weighted by molar-refractivity contribution is -0.139. The highest BCUT2D eigenvalue weighted by atomic mass is 35.5. The highest BCUT2D eigenvalue weighted by molar-refractivity contribution is 6.35. The van der Waals surface area contributed by atoms with Crippen LogP contribution in [0, 0.1) is 0 Å². The van der Waals surface area contributed by atoms with Gasteiger partial charge in [0.2, 0.25) is 0 Å². The van der Waals surface area contributed by atoms with Gasteiger partial charge in [-0.3, -0.25) is 14.5 Å². The molecule has 3 rings (SSSR count). The van der Waals surface area contributed by atoms with Crippen LogP contribution in [0.2, 0.25) is 5.02 Å². The number of ether oxygens (including phenoxy) is 1. The second-order valence-corrected chi connectivity index (χ2v) is 7.53. The van der Waals surface area contributed by atoms with Gasteiger partial charge < -0.3 is 20.3 Å². The van der Waals surface area contributed by atoms with E-state index in [0.29, 0.717) is 18.8 Å². The van der Waals surface area contributed by atoms with Gasteiger partial charge in [-0.25, -0.2) is 0 Å². The third-order valence-electron chi connectivity index (χ3n) is 5.07. The lowest BCUT2D eigenvalue weighted by Gasteiger charge is -2.36. The first-order valence-corrected chi connectivity index (χ1v) is 10.3. The van der Waals surface area contributed by atoms with Crippen LogP contribution in [0.4, 0.5) is 5.69 Å². The quantitative estimate of drug-likeness (QED) is 0.656. The van der Waals surface area contributed by atoms with Crippen LogP contribution in [0.25, 0.3) is 0 Å². The zero-order valence-electron chi connectivity index (χ0n) is 17.1. The molecule has 2 amide bonds. The lowest BCUT2D eigenvalue weighted by atomic mass is 10.2. The van der Waals surface area contributed by atoms with E-state index in [-0.39, 0.29) is 6.54 Å². The van der Waals surface area contributed by atoms with Crippen molar-refractivity contribution >= 4 is 29.1 Å². The van der Waals surface area contributed by atoms with E-state index in [1.165, 1.54) is 5.69 Å². The maximum absolute atomic E-state index is 12.0. The molecule has 0 bridgehead atoms. The maximum atomic E-state index is 12.0. The van der Waals surface area contributed by atoms with Gasteiger partial charge in [-0.05, 0) is 42.0 Å². The fourth-order valence-electron chi connectivity index (χ4n) is 3.33. The van der Waals surface area contributed by atoms with Crippen LogP contribution < -0.4 is 20.3 Å². The summed E-state index contributed by atoms with van der Waals surface area (Å²) in [5, 5.41) is 6.06. The second kappa shape index (κ2) is 10.8. The molecule has 1 heterocycles. The van der Waals surface area contributed by atoms with Crippen LogP contribution in [0.3, 0.4) is 0 Å². The lowest BCUT2D eigenvalue weighted by Crippen LogP contribution is -2.49. The predicted molar refractivity (Wildman–Crippen MR) is 118 cm³/mol. The fraction of sp³-hybridized carbons (Fsp3) is 0.364. The molecule has 2 aromatic rings. The van der Waals surface area contributed by atoms with Crippen LogP contribution in [-0.4, -0.2) is 63.1 Å². The minimum Gasteiger partial charge on any atom is -0.497 e. The van der Waals surface area contributed by atoms with E-state index in [1.54, 1.807) is 7.11 Å². The highest BCUT2D eigenvalue weighted by Gasteiger charge is 2.18. The van der Waals surface area contributed by atoms with E-state index in [1.807, 2.05) is 48.5 Å². The van der Waals surface area contributed by atoms with Crippen molar-refractivity contribution in [1.29, 1.82) is 0 Å². The molecule has 7 nitrogen and oxygen atoms in total. The molecule has 1 fully saturated rings. The number of rotatable bonds is 7. The molecule has 1 saturated heterocycles. The largest absolute Gasteiger partial charge is 0.497 e. The number of halogens is 1. The van der Waals surface area contributed by atoms with Crippen LogP contribution in [-0.2, 0) is 16.1 Å². The molecule has 0 aromatic heterocycles. The van der Waals surface area contributed by atoms with Crippen LogP contribution in [0.15, 0.2) is 48.5 Å². The summed E-state index contributed by atoms with van der Waals surface area (Å²) in [4.78, 5) is 28.6. The van der Waals surface area contributed by atoms with Crippen LogP contribution >= 0.6 is 11.6 Å². The summed E-state index contributed by atoms with van der Waals surface area (Å²) in [7, 11) is 1.59. The average Bonchev–Trinajstić information content (AvgIpc) is 2.78. The zero-order chi connectivity index (χ0) is 21.3. The van der Waals surface area contributed by atoms with Crippen molar-refractivity contribution in [3.05, 3.63) is 59.1 Å². The predicted octanol–water partition coefficient (Wildman–Crippen LogP) is 1.90. The molecule has 2 N–H and O–H groups in total. The number of benzene rings is 2. The van der Waals surface area contributed by atoms with Crippen molar-refractivity contribution in [2.24, 2.45) is 0 Å². The standard InChI is InChI=1S/C22H27ClN4O3/c1-30-20-4-2-3-17(15-20)16-25-22(29)21(28)24-9-10-26-11-13-27(14-12-26)19-7-5-18(23)6-8-19/h2-8,15H,9-14,16H2,1H3,(H,24,28)(H,25,29). The molecule has 0 radical (unpaired) electrons. The summed E-state index contributed by atoms with van der Waals surface area (Å²) in [5.74, 6) is -0.537. The van der Waals surface area contributed by atoms with Gasteiger partial charge in [0, 0.05) is 56.5 Å². The van der Waals surface area contributed by atoms with Gasteiger partial charge in [0.15, 0.2) is 0 Å². The summed E-state index contributed by atoms with van der Waals surface area (Å²) < 4.78 is 5.15. The number of anilines is 1. The minimum absolute atomic E-state index is 0.274. The van der Waals surface area contributed by atoms with Crippen molar-refractivity contribution < 1.29 is 14.3 Å². The Labute approximate surface area is 181 Å². The van der Waals surface area contributed by atoms with Gasteiger partial charge in [-0.2, -0.15) is 0 Å². The van der Waals surface area contributed by atoms with E-state index in [2.05, 4.69) is 20.4 Å². The van der Waals surface area contributed by atoms with Gasteiger partial charge in [0.05, 0.1) is 7.11 Å². The average molecular weight is 431 g/mol. The van der Waals surface area contributed by atoms with E-state index in [4.69, 9.17) is 16.3 Å². The van der Waals surface area contributed by atoms with Crippen molar-refractivity contribution in [2.75, 3.05) is 51.3 Å². The molecule has 1 aliphatic heterocycles. The van der Waals surface area contributed by atoms with E-state index >= 15 is 0 Å². The zero-order valence-corrected chi connectivity index (χ0v) is 17.8. The Morgan fingerprint density at radius 3 is 2.40 bits per heavy atom. The number of carbonyl (C=O) groups excluding carboxylic acids is 2. The molecule has 0 unspecified atom stereocenters. The SMILES string of the molecule is COc1cccc(CNC(=O)C(=O)NCCN2CCN(c3ccc(Cl)cc3)CC2)c1. The Kier molecular flexibility index (Phi) is 7.93. The van der Waals surface area contributed by atoms with Crippen molar-refractivity contribution in [3.63, 3.8) is 0 Å². The van der Waals surface area contributed by atoms with Crippen molar-refractivity contribution in [1.82, 2.24) is 15.5 Å². The molecule has 2 aromatic carbocycles. The Bertz CT molecular complexity index is 852. The number of methoxy groups -OCH3 is 1. The monoisotopic (exact) mass is 430 g/mol. The number of piperazine rings is 1.